The van der Waals surface area contributed by atoms with E-state index in [9.17, 15) is 18.0 Å². The van der Waals surface area contributed by atoms with Gasteiger partial charge in [0.1, 0.15) is 0 Å². The molecule has 0 radical (unpaired) electrons. The number of carbonyl (C=O) groups excluding carboxylic acids is 2. The van der Waals surface area contributed by atoms with E-state index < -0.39 is 10.0 Å². The lowest BCUT2D eigenvalue weighted by Crippen LogP contribution is -2.49. The Morgan fingerprint density at radius 3 is 2.16 bits per heavy atom. The van der Waals surface area contributed by atoms with Gasteiger partial charge in [0, 0.05) is 38.7 Å². The average molecular weight is 444 g/mol. The van der Waals surface area contributed by atoms with Gasteiger partial charge in [0.05, 0.1) is 10.9 Å². The van der Waals surface area contributed by atoms with E-state index in [4.69, 9.17) is 0 Å². The molecule has 0 aromatic heterocycles. The van der Waals surface area contributed by atoms with Crippen LogP contribution in [-0.2, 0) is 14.8 Å². The third-order valence-electron chi connectivity index (χ3n) is 5.69. The number of nitrogens with zero attached hydrogens (tertiary/aromatic N) is 2. The normalized spacial score (nSPS) is 16.1. The highest BCUT2D eigenvalue weighted by molar-refractivity contribution is 7.89. The smallest absolute Gasteiger partial charge is 0.251 e. The Balaban J connectivity index is 1.68. The molecule has 2 aromatic carbocycles. The minimum Gasteiger partial charge on any atom is -0.346 e. The summed E-state index contributed by atoms with van der Waals surface area (Å²) in [6.45, 7) is 8.71. The molecule has 31 heavy (non-hydrogen) atoms. The van der Waals surface area contributed by atoms with E-state index in [1.165, 1.54) is 35.5 Å². The Morgan fingerprint density at radius 1 is 0.968 bits per heavy atom. The lowest BCUT2D eigenvalue weighted by atomic mass is 10.00. The first kappa shape index (κ1) is 23.0. The fourth-order valence-corrected chi connectivity index (χ4v) is 5.18. The Hall–Kier alpha value is -2.71. The molecule has 0 bridgehead atoms. The van der Waals surface area contributed by atoms with Crippen molar-refractivity contribution in [2.75, 3.05) is 26.2 Å². The number of piperazine rings is 1. The third-order valence-corrected chi connectivity index (χ3v) is 7.60. The number of amides is 2. The first-order chi connectivity index (χ1) is 14.6. The van der Waals surface area contributed by atoms with Gasteiger partial charge < -0.3 is 10.2 Å². The van der Waals surface area contributed by atoms with Crippen LogP contribution in [0.4, 0.5) is 0 Å². The maximum absolute atomic E-state index is 12.9. The molecule has 2 aromatic rings. The first-order valence-corrected chi connectivity index (χ1v) is 11.8. The highest BCUT2D eigenvalue weighted by Crippen LogP contribution is 2.21. The Bertz CT molecular complexity index is 1070. The van der Waals surface area contributed by atoms with Gasteiger partial charge in [-0.2, -0.15) is 4.31 Å². The van der Waals surface area contributed by atoms with E-state index in [1.54, 1.807) is 4.90 Å². The fraction of sp³-hybridized carbons (Fsp3) is 0.391. The SMILES string of the molecule is CC(=O)N1CCN(S(=O)(=O)c2ccc(C(=O)N[C@@H](C)c3cc(C)ccc3C)cc2)CC1. The standard InChI is InChI=1S/C23H29N3O4S/c1-16-5-6-17(2)22(15-16)18(3)24-23(28)20-7-9-21(10-8-20)31(29,30)26-13-11-25(12-14-26)19(4)27/h5-10,15,18H,11-14H2,1-4H3,(H,24,28)/t18-/m0/s1. The summed E-state index contributed by atoms with van der Waals surface area (Å²) < 4.78 is 27.2. The molecule has 7 nitrogen and oxygen atoms in total. The zero-order chi connectivity index (χ0) is 22.8. The number of rotatable bonds is 5. The zero-order valence-electron chi connectivity index (χ0n) is 18.4. The Morgan fingerprint density at radius 2 is 1.58 bits per heavy atom. The number of nitrogens with one attached hydrogen (secondary N) is 1. The van der Waals surface area contributed by atoms with Crippen molar-refractivity contribution in [3.63, 3.8) is 0 Å². The molecular formula is C23H29N3O4S. The maximum Gasteiger partial charge on any atom is 0.251 e. The lowest BCUT2D eigenvalue weighted by molar-refractivity contribution is -0.129. The van der Waals surface area contributed by atoms with Crippen LogP contribution in [0.1, 0.15) is 46.9 Å². The maximum atomic E-state index is 12.9. The summed E-state index contributed by atoms with van der Waals surface area (Å²) in [5.74, 6) is -0.310. The van der Waals surface area contributed by atoms with E-state index in [1.807, 2.05) is 32.9 Å². The molecule has 8 heteroatoms. The highest BCUT2D eigenvalue weighted by Gasteiger charge is 2.29. The summed E-state index contributed by atoms with van der Waals surface area (Å²) in [6, 6.07) is 11.9. The minimum absolute atomic E-state index is 0.0532. The molecule has 2 amide bonds. The minimum atomic E-state index is -3.67. The van der Waals surface area contributed by atoms with E-state index >= 15 is 0 Å². The number of aryl methyl sites for hydroxylation is 2. The molecule has 0 saturated carbocycles. The van der Waals surface area contributed by atoms with Gasteiger partial charge in [-0.15, -0.1) is 0 Å². The van der Waals surface area contributed by atoms with Gasteiger partial charge in [0.15, 0.2) is 0 Å². The zero-order valence-corrected chi connectivity index (χ0v) is 19.2. The molecule has 1 heterocycles. The van der Waals surface area contributed by atoms with Crippen LogP contribution in [0.5, 0.6) is 0 Å². The van der Waals surface area contributed by atoms with Gasteiger partial charge in [-0.3, -0.25) is 9.59 Å². The summed E-state index contributed by atoms with van der Waals surface area (Å²) in [7, 11) is -3.67. The van der Waals surface area contributed by atoms with Crippen LogP contribution in [0.25, 0.3) is 0 Å². The van der Waals surface area contributed by atoms with Crippen molar-refractivity contribution in [3.05, 3.63) is 64.7 Å². The van der Waals surface area contributed by atoms with Crippen LogP contribution in [0, 0.1) is 13.8 Å². The summed E-state index contributed by atoms with van der Waals surface area (Å²) >= 11 is 0. The summed E-state index contributed by atoms with van der Waals surface area (Å²) in [5.41, 5.74) is 3.68. The van der Waals surface area contributed by atoms with Gasteiger partial charge in [-0.05, 0) is 56.2 Å². The number of sulfonamides is 1. The summed E-state index contributed by atoms with van der Waals surface area (Å²) in [5, 5.41) is 2.98. The van der Waals surface area contributed by atoms with Crippen LogP contribution in [0.15, 0.2) is 47.4 Å². The van der Waals surface area contributed by atoms with Gasteiger partial charge in [0.2, 0.25) is 15.9 Å². The van der Waals surface area contributed by atoms with E-state index in [0.717, 1.165) is 16.7 Å². The predicted molar refractivity (Wildman–Crippen MR) is 119 cm³/mol. The van der Waals surface area contributed by atoms with Gasteiger partial charge in [0.25, 0.3) is 5.91 Å². The third kappa shape index (κ3) is 5.14. The molecule has 1 saturated heterocycles. The molecule has 0 aliphatic carbocycles. The largest absolute Gasteiger partial charge is 0.346 e. The highest BCUT2D eigenvalue weighted by atomic mass is 32.2. The molecule has 1 fully saturated rings. The van der Waals surface area contributed by atoms with Crippen molar-refractivity contribution in [2.45, 2.75) is 38.6 Å². The van der Waals surface area contributed by atoms with Crippen molar-refractivity contribution < 1.29 is 18.0 Å². The molecule has 1 N–H and O–H groups in total. The molecule has 3 rings (SSSR count). The van der Waals surface area contributed by atoms with Crippen molar-refractivity contribution in [2.24, 2.45) is 0 Å². The molecule has 0 unspecified atom stereocenters. The van der Waals surface area contributed by atoms with E-state index in [2.05, 4.69) is 11.4 Å². The molecule has 1 aliphatic rings. The van der Waals surface area contributed by atoms with Gasteiger partial charge >= 0.3 is 0 Å². The van der Waals surface area contributed by atoms with Crippen LogP contribution in [0.3, 0.4) is 0 Å². The number of hydrogen-bond acceptors (Lipinski definition) is 4. The average Bonchev–Trinajstić information content (AvgIpc) is 2.75. The quantitative estimate of drug-likeness (QED) is 0.770. The monoisotopic (exact) mass is 443 g/mol. The number of benzene rings is 2. The van der Waals surface area contributed by atoms with Crippen molar-refractivity contribution in [1.82, 2.24) is 14.5 Å². The van der Waals surface area contributed by atoms with Crippen molar-refractivity contribution in [3.8, 4) is 0 Å². The second-order valence-electron chi connectivity index (χ2n) is 7.99. The molecule has 166 valence electrons. The predicted octanol–water partition coefficient (Wildman–Crippen LogP) is 2.65. The second-order valence-corrected chi connectivity index (χ2v) is 9.93. The molecule has 1 atom stereocenters. The first-order valence-electron chi connectivity index (χ1n) is 10.3. The Kier molecular flexibility index (Phi) is 6.81. The van der Waals surface area contributed by atoms with E-state index in [-0.39, 0.29) is 35.8 Å². The summed E-state index contributed by atoms with van der Waals surface area (Å²) in [4.78, 5) is 25.9. The van der Waals surface area contributed by atoms with Crippen LogP contribution in [-0.4, -0.2) is 55.6 Å². The Labute approximate surface area is 184 Å². The van der Waals surface area contributed by atoms with Gasteiger partial charge in [-0.25, -0.2) is 8.42 Å². The summed E-state index contributed by atoms with van der Waals surface area (Å²) in [6.07, 6.45) is 0. The van der Waals surface area contributed by atoms with Crippen LogP contribution in [0.2, 0.25) is 0 Å². The van der Waals surface area contributed by atoms with Crippen LogP contribution < -0.4 is 5.32 Å². The lowest BCUT2D eigenvalue weighted by Gasteiger charge is -2.33. The van der Waals surface area contributed by atoms with Crippen LogP contribution >= 0.6 is 0 Å². The second kappa shape index (κ2) is 9.20. The van der Waals surface area contributed by atoms with Crippen molar-refractivity contribution in [1.29, 1.82) is 0 Å². The van der Waals surface area contributed by atoms with E-state index in [0.29, 0.717) is 18.7 Å². The molecular weight excluding hydrogens is 414 g/mol. The topological polar surface area (TPSA) is 86.8 Å². The van der Waals surface area contributed by atoms with Crippen molar-refractivity contribution >= 4 is 21.8 Å². The van der Waals surface area contributed by atoms with Gasteiger partial charge in [-0.1, -0.05) is 23.8 Å². The molecule has 1 aliphatic heterocycles. The number of hydrogen-bond donors (Lipinski definition) is 1. The fourth-order valence-electron chi connectivity index (χ4n) is 3.75. The number of carbonyl (C=O) groups is 2. The molecule has 0 spiro atoms.